The van der Waals surface area contributed by atoms with Crippen LogP contribution in [0.25, 0.3) is 10.9 Å². The minimum absolute atomic E-state index is 0.0856. The van der Waals surface area contributed by atoms with Crippen LogP contribution in [0, 0.1) is 0 Å². The van der Waals surface area contributed by atoms with Crippen LogP contribution in [0.2, 0.25) is 0 Å². The fourth-order valence-electron chi connectivity index (χ4n) is 2.78. The van der Waals surface area contributed by atoms with Gasteiger partial charge in [-0.05, 0) is 23.6 Å². The number of ketones is 1. The Kier molecular flexibility index (Phi) is 5.86. The highest BCUT2D eigenvalue weighted by atomic mass is 16.6. The predicted molar refractivity (Wildman–Crippen MR) is 103 cm³/mol. The summed E-state index contributed by atoms with van der Waals surface area (Å²) in [5, 5.41) is 9.33. The van der Waals surface area contributed by atoms with Gasteiger partial charge in [0.25, 0.3) is 5.56 Å². The second kappa shape index (κ2) is 8.49. The average molecular weight is 381 g/mol. The summed E-state index contributed by atoms with van der Waals surface area (Å²) in [6, 6.07) is 15.2. The fourth-order valence-corrected chi connectivity index (χ4v) is 2.78. The Balaban J connectivity index is 1.89. The van der Waals surface area contributed by atoms with E-state index >= 15 is 0 Å². The maximum atomic E-state index is 12.7. The Morgan fingerprint density at radius 3 is 2.54 bits per heavy atom. The molecule has 7 nitrogen and oxygen atoms in total. The zero-order chi connectivity index (χ0) is 20.1. The van der Waals surface area contributed by atoms with Crippen LogP contribution in [0.4, 0.5) is 0 Å². The number of carbonyl (C=O) groups excluding carboxylic acids is 2. The first-order valence-electron chi connectivity index (χ1n) is 8.64. The molecule has 1 N–H and O–H groups in total. The summed E-state index contributed by atoms with van der Waals surface area (Å²) >= 11 is 0. The second-order valence-electron chi connectivity index (χ2n) is 6.07. The molecule has 0 atom stereocenters. The van der Waals surface area contributed by atoms with Gasteiger partial charge in [0.2, 0.25) is 0 Å². The minimum atomic E-state index is -0.605. The highest BCUT2D eigenvalue weighted by Crippen LogP contribution is 2.21. The molecule has 7 heteroatoms. The van der Waals surface area contributed by atoms with Crippen molar-refractivity contribution in [1.29, 1.82) is 0 Å². The van der Waals surface area contributed by atoms with Gasteiger partial charge in [-0.2, -0.15) is 0 Å². The Morgan fingerprint density at radius 1 is 1.07 bits per heavy atom. The summed E-state index contributed by atoms with van der Waals surface area (Å²) in [6.07, 6.45) is 0. The number of hydrogen-bond donors (Lipinski definition) is 1. The largest absolute Gasteiger partial charge is 0.482 e. The van der Waals surface area contributed by atoms with Crippen molar-refractivity contribution in [2.24, 2.45) is 7.05 Å². The summed E-state index contributed by atoms with van der Waals surface area (Å²) in [5.74, 6) is -0.563. The van der Waals surface area contributed by atoms with Gasteiger partial charge >= 0.3 is 5.97 Å². The smallest absolute Gasteiger partial charge is 0.344 e. The van der Waals surface area contributed by atoms with Crippen LogP contribution in [-0.2, 0) is 16.6 Å². The first kappa shape index (κ1) is 19.3. The molecule has 3 aromatic rings. The molecule has 0 radical (unpaired) electrons. The third-order valence-corrected chi connectivity index (χ3v) is 4.19. The van der Waals surface area contributed by atoms with Crippen LogP contribution < -0.4 is 10.3 Å². The molecule has 0 aliphatic heterocycles. The molecular formula is C21H19NO6. The Hall–Kier alpha value is -3.45. The minimum Gasteiger partial charge on any atom is -0.482 e. The van der Waals surface area contributed by atoms with E-state index in [0.717, 1.165) is 0 Å². The van der Waals surface area contributed by atoms with Gasteiger partial charge in [-0.15, -0.1) is 0 Å². The molecule has 3 rings (SSSR count). The van der Waals surface area contributed by atoms with Gasteiger partial charge < -0.3 is 19.1 Å². The third kappa shape index (κ3) is 4.10. The molecule has 0 aliphatic rings. The lowest BCUT2D eigenvalue weighted by Gasteiger charge is -2.11. The van der Waals surface area contributed by atoms with Crippen LogP contribution in [0.5, 0.6) is 5.75 Å². The lowest BCUT2D eigenvalue weighted by atomic mass is 10.0. The van der Waals surface area contributed by atoms with E-state index in [-0.39, 0.29) is 31.2 Å². The van der Waals surface area contributed by atoms with Crippen molar-refractivity contribution in [1.82, 2.24) is 4.57 Å². The topological polar surface area (TPSA) is 94.8 Å². The number of ether oxygens (including phenoxy) is 2. The van der Waals surface area contributed by atoms with Crippen molar-refractivity contribution in [2.75, 3.05) is 19.8 Å². The zero-order valence-electron chi connectivity index (χ0n) is 15.3. The number of nitrogens with zero attached hydrogens (tertiary/aromatic N) is 1. The normalized spacial score (nSPS) is 10.6. The number of fused-ring (bicyclic) bond motifs is 1. The summed E-state index contributed by atoms with van der Waals surface area (Å²) < 4.78 is 11.5. The van der Waals surface area contributed by atoms with Crippen LogP contribution in [0.3, 0.4) is 0 Å². The number of benzene rings is 2. The monoisotopic (exact) mass is 381 g/mol. The van der Waals surface area contributed by atoms with E-state index in [1.807, 2.05) is 0 Å². The SMILES string of the molecule is Cn1c(=O)c(C(=O)c2ccccc2)cc2ccc(OCC(=O)OCCO)cc21. The number of hydrogen-bond acceptors (Lipinski definition) is 6. The van der Waals surface area contributed by atoms with Crippen molar-refractivity contribution in [3.05, 3.63) is 76.1 Å². The molecule has 0 unspecified atom stereocenters. The van der Waals surface area contributed by atoms with Gasteiger partial charge in [-0.3, -0.25) is 9.59 Å². The van der Waals surface area contributed by atoms with E-state index in [4.69, 9.17) is 14.6 Å². The summed E-state index contributed by atoms with van der Waals surface area (Å²) in [4.78, 5) is 36.8. The molecule has 144 valence electrons. The maximum Gasteiger partial charge on any atom is 0.344 e. The van der Waals surface area contributed by atoms with E-state index in [1.54, 1.807) is 61.6 Å². The molecule has 0 amide bonds. The number of aliphatic hydroxyl groups is 1. The number of esters is 1. The number of pyridine rings is 1. The zero-order valence-corrected chi connectivity index (χ0v) is 15.3. The lowest BCUT2D eigenvalue weighted by molar-refractivity contribution is -0.146. The lowest BCUT2D eigenvalue weighted by Crippen LogP contribution is -2.25. The third-order valence-electron chi connectivity index (χ3n) is 4.19. The van der Waals surface area contributed by atoms with Gasteiger partial charge in [0, 0.05) is 18.7 Å². The van der Waals surface area contributed by atoms with E-state index in [2.05, 4.69) is 0 Å². The number of aryl methyl sites for hydroxylation is 1. The van der Waals surface area contributed by atoms with Crippen LogP contribution >= 0.6 is 0 Å². The first-order chi connectivity index (χ1) is 13.5. The van der Waals surface area contributed by atoms with E-state index < -0.39 is 11.5 Å². The van der Waals surface area contributed by atoms with Gasteiger partial charge in [0.1, 0.15) is 12.4 Å². The first-order valence-corrected chi connectivity index (χ1v) is 8.64. The number of rotatable bonds is 7. The molecular weight excluding hydrogens is 362 g/mol. The van der Waals surface area contributed by atoms with Crippen LogP contribution in [0.1, 0.15) is 15.9 Å². The van der Waals surface area contributed by atoms with Crippen molar-refractivity contribution in [3.8, 4) is 5.75 Å². The van der Waals surface area contributed by atoms with Gasteiger partial charge in [0.15, 0.2) is 12.4 Å². The van der Waals surface area contributed by atoms with Crippen LogP contribution in [0.15, 0.2) is 59.4 Å². The number of carbonyl (C=O) groups is 2. The van der Waals surface area contributed by atoms with Crippen molar-refractivity contribution in [2.45, 2.75) is 0 Å². The molecule has 2 aromatic carbocycles. The van der Waals surface area contributed by atoms with Crippen LogP contribution in [-0.4, -0.2) is 41.2 Å². The van der Waals surface area contributed by atoms with Gasteiger partial charge in [0.05, 0.1) is 17.7 Å². The summed E-state index contributed by atoms with van der Waals surface area (Å²) in [5.41, 5.74) is 0.680. The molecule has 0 fully saturated rings. The van der Waals surface area contributed by atoms with Crippen molar-refractivity contribution >= 4 is 22.7 Å². The van der Waals surface area contributed by atoms with Gasteiger partial charge in [-0.25, -0.2) is 4.79 Å². The number of aromatic nitrogens is 1. The molecule has 1 aromatic heterocycles. The summed E-state index contributed by atoms with van der Waals surface area (Å²) in [7, 11) is 1.58. The van der Waals surface area contributed by atoms with E-state index in [9.17, 15) is 14.4 Å². The molecule has 1 heterocycles. The average Bonchev–Trinajstić information content (AvgIpc) is 2.73. The second-order valence-corrected chi connectivity index (χ2v) is 6.07. The Morgan fingerprint density at radius 2 is 1.82 bits per heavy atom. The van der Waals surface area contributed by atoms with E-state index in [1.165, 1.54) is 4.57 Å². The van der Waals surface area contributed by atoms with Gasteiger partial charge in [-0.1, -0.05) is 30.3 Å². The molecule has 0 saturated heterocycles. The summed E-state index contributed by atoms with van der Waals surface area (Å²) in [6.45, 7) is -0.662. The Bertz CT molecular complexity index is 1070. The molecule has 0 bridgehead atoms. The predicted octanol–water partition coefficient (Wildman–Crippen LogP) is 1.68. The molecule has 0 saturated carbocycles. The Labute approximate surface area is 160 Å². The van der Waals surface area contributed by atoms with Crippen molar-refractivity contribution < 1.29 is 24.2 Å². The van der Waals surface area contributed by atoms with Crippen molar-refractivity contribution in [3.63, 3.8) is 0 Å². The molecule has 28 heavy (non-hydrogen) atoms. The molecule has 0 spiro atoms. The molecule has 0 aliphatic carbocycles. The maximum absolute atomic E-state index is 12.7. The standard InChI is InChI=1S/C21H19NO6/c1-22-18-12-16(28-13-19(24)27-10-9-23)8-7-15(18)11-17(21(22)26)20(25)14-5-3-2-4-6-14/h2-8,11-12,23H,9-10,13H2,1H3. The quantitative estimate of drug-likeness (QED) is 0.494. The number of aliphatic hydroxyl groups excluding tert-OH is 1. The highest BCUT2D eigenvalue weighted by molar-refractivity contribution is 6.10. The highest BCUT2D eigenvalue weighted by Gasteiger charge is 2.16. The van der Waals surface area contributed by atoms with E-state index in [0.29, 0.717) is 22.2 Å². The fraction of sp³-hybridized carbons (Fsp3) is 0.190.